The van der Waals surface area contributed by atoms with E-state index in [1.807, 2.05) is 60.7 Å². The molecule has 0 atom stereocenters. The predicted octanol–water partition coefficient (Wildman–Crippen LogP) is 5.69. The SMILES string of the molecule is O=c1cc(CNS(=O)(=O)c2cccc(Cl)c2)oc(CO)c1OCc1ccccc1.O=c1cc(CNS(=O)(=O)c2cccc(Cl)c2)oc(CO)c1OCc1ccccc1. The smallest absolute Gasteiger partial charge is 0.241 e. The van der Waals surface area contributed by atoms with Crippen molar-refractivity contribution in [3.8, 4) is 11.5 Å². The monoisotopic (exact) mass is 870 g/mol. The van der Waals surface area contributed by atoms with Gasteiger partial charge in [-0.1, -0.05) is 96.0 Å². The summed E-state index contributed by atoms with van der Waals surface area (Å²) in [5.74, 6) is -0.306. The Labute approximate surface area is 343 Å². The van der Waals surface area contributed by atoms with Crippen LogP contribution in [0.4, 0.5) is 0 Å². The van der Waals surface area contributed by atoms with Crippen LogP contribution in [0.5, 0.6) is 11.5 Å². The van der Waals surface area contributed by atoms with Crippen LogP contribution in [0, 0.1) is 0 Å². The standard InChI is InChI=1S/2C20H18ClNO6S/c2*21-15-7-4-8-17(9-15)29(25,26)22-11-16-10-18(24)20(19(12-23)28-16)27-13-14-5-2-1-3-6-14/h2*1-10,22-23H,11-13H2. The van der Waals surface area contributed by atoms with Gasteiger partial charge in [-0.3, -0.25) is 9.59 Å². The molecule has 2 heterocycles. The van der Waals surface area contributed by atoms with Crippen LogP contribution in [0.15, 0.2) is 150 Å². The molecule has 2 aromatic heterocycles. The lowest BCUT2D eigenvalue weighted by Crippen LogP contribution is -2.24. The Hall–Kier alpha value is -5.30. The summed E-state index contributed by atoms with van der Waals surface area (Å²) in [7, 11) is -7.72. The molecule has 0 radical (unpaired) electrons. The Morgan fingerprint density at radius 3 is 1.26 bits per heavy atom. The molecule has 14 nitrogen and oxygen atoms in total. The van der Waals surface area contributed by atoms with Gasteiger partial charge in [-0.25, -0.2) is 26.3 Å². The van der Waals surface area contributed by atoms with E-state index in [0.717, 1.165) is 23.3 Å². The molecular weight excluding hydrogens is 835 g/mol. The van der Waals surface area contributed by atoms with E-state index in [1.165, 1.54) is 36.4 Å². The molecule has 6 aromatic rings. The zero-order chi connectivity index (χ0) is 41.7. The van der Waals surface area contributed by atoms with Crippen LogP contribution in [0.1, 0.15) is 34.2 Å². The Morgan fingerprint density at radius 1 is 0.534 bits per heavy atom. The number of sulfonamides is 2. The summed E-state index contributed by atoms with van der Waals surface area (Å²) in [5, 5.41) is 19.6. The molecule has 58 heavy (non-hydrogen) atoms. The van der Waals surface area contributed by atoms with Crippen LogP contribution in [-0.2, 0) is 59.6 Å². The van der Waals surface area contributed by atoms with Gasteiger partial charge in [-0.15, -0.1) is 0 Å². The fourth-order valence-corrected chi connectivity index (χ4v) is 7.67. The zero-order valence-electron chi connectivity index (χ0n) is 30.3. The minimum atomic E-state index is -3.86. The highest BCUT2D eigenvalue weighted by Crippen LogP contribution is 2.21. The molecule has 304 valence electrons. The summed E-state index contributed by atoms with van der Waals surface area (Å²) in [6.45, 7) is -1.46. The third-order valence-corrected chi connectivity index (χ3v) is 11.1. The first-order valence-electron chi connectivity index (χ1n) is 17.2. The maximum atomic E-state index is 12.4. The van der Waals surface area contributed by atoms with Crippen molar-refractivity contribution in [2.45, 2.75) is 49.3 Å². The van der Waals surface area contributed by atoms with Gasteiger partial charge in [0.05, 0.1) is 22.9 Å². The summed E-state index contributed by atoms with van der Waals surface area (Å²) in [5.41, 5.74) is 0.643. The first kappa shape index (κ1) is 43.8. The number of hydrogen-bond donors (Lipinski definition) is 4. The number of ether oxygens (including phenoxy) is 2. The average Bonchev–Trinajstić information content (AvgIpc) is 3.22. The van der Waals surface area contributed by atoms with Crippen molar-refractivity contribution < 1.29 is 45.4 Å². The molecule has 0 fully saturated rings. The largest absolute Gasteiger partial charge is 0.482 e. The van der Waals surface area contributed by atoms with E-state index in [4.69, 9.17) is 41.5 Å². The second-order valence-corrected chi connectivity index (χ2v) is 16.5. The summed E-state index contributed by atoms with van der Waals surface area (Å²) in [6.07, 6.45) is 0. The van der Waals surface area contributed by atoms with E-state index in [-0.39, 0.29) is 80.7 Å². The molecule has 0 unspecified atom stereocenters. The minimum absolute atomic E-state index is 0.0162. The molecule has 6 rings (SSSR count). The van der Waals surface area contributed by atoms with Crippen molar-refractivity contribution in [1.29, 1.82) is 0 Å². The summed E-state index contributed by atoms with van der Waals surface area (Å²) in [4.78, 5) is 24.7. The van der Waals surface area contributed by atoms with Crippen molar-refractivity contribution in [1.82, 2.24) is 9.44 Å². The highest BCUT2D eigenvalue weighted by molar-refractivity contribution is 7.89. The highest BCUT2D eigenvalue weighted by Gasteiger charge is 2.19. The van der Waals surface area contributed by atoms with Gasteiger partial charge in [0.1, 0.15) is 37.9 Å². The number of hydrogen-bond acceptors (Lipinski definition) is 12. The summed E-state index contributed by atoms with van der Waals surface area (Å²) >= 11 is 11.7. The van der Waals surface area contributed by atoms with Crippen molar-refractivity contribution in [3.63, 3.8) is 0 Å². The number of rotatable bonds is 16. The zero-order valence-corrected chi connectivity index (χ0v) is 33.5. The Morgan fingerprint density at radius 2 is 0.914 bits per heavy atom. The van der Waals surface area contributed by atoms with Crippen molar-refractivity contribution in [2.24, 2.45) is 0 Å². The highest BCUT2D eigenvalue weighted by atomic mass is 35.5. The lowest BCUT2D eigenvalue weighted by molar-refractivity contribution is 0.213. The first-order chi connectivity index (χ1) is 27.8. The Balaban J connectivity index is 0.000000221. The Bertz CT molecular complexity index is 2470. The van der Waals surface area contributed by atoms with Gasteiger partial charge in [-0.05, 0) is 47.5 Å². The molecule has 0 aliphatic carbocycles. The van der Waals surface area contributed by atoms with Gasteiger partial charge in [0.25, 0.3) is 0 Å². The molecule has 4 N–H and O–H groups in total. The third-order valence-electron chi connectivity index (χ3n) is 7.87. The number of aliphatic hydroxyl groups excluding tert-OH is 2. The molecular formula is C40H36Cl2N2O12S2. The van der Waals surface area contributed by atoms with Crippen LogP contribution in [-0.4, -0.2) is 27.0 Å². The molecule has 4 aromatic carbocycles. The molecule has 0 aliphatic heterocycles. The normalized spacial score (nSPS) is 11.4. The topological polar surface area (TPSA) is 212 Å². The summed E-state index contributed by atoms with van der Waals surface area (Å²) in [6, 6.07) is 32.2. The fourth-order valence-electron chi connectivity index (χ4n) is 5.08. The molecule has 0 aliphatic rings. The van der Waals surface area contributed by atoms with Crippen molar-refractivity contribution in [3.05, 3.63) is 186 Å². The number of halogens is 2. The molecule has 0 spiro atoms. The van der Waals surface area contributed by atoms with E-state index in [0.29, 0.717) is 0 Å². The third kappa shape index (κ3) is 12.3. The van der Waals surface area contributed by atoms with Gasteiger partial charge in [-0.2, -0.15) is 0 Å². The van der Waals surface area contributed by atoms with E-state index < -0.39 is 44.1 Å². The summed E-state index contributed by atoms with van der Waals surface area (Å²) < 4.78 is 76.0. The maximum absolute atomic E-state index is 12.4. The van der Waals surface area contributed by atoms with Crippen LogP contribution < -0.4 is 29.8 Å². The van der Waals surface area contributed by atoms with Gasteiger partial charge < -0.3 is 28.5 Å². The van der Waals surface area contributed by atoms with Gasteiger partial charge >= 0.3 is 0 Å². The maximum Gasteiger partial charge on any atom is 0.241 e. The van der Waals surface area contributed by atoms with E-state index >= 15 is 0 Å². The second kappa shape index (κ2) is 20.4. The lowest BCUT2D eigenvalue weighted by atomic mass is 10.2. The number of nitrogens with one attached hydrogen (secondary N) is 2. The van der Waals surface area contributed by atoms with Crippen LogP contribution in [0.25, 0.3) is 0 Å². The second-order valence-electron chi connectivity index (χ2n) is 12.1. The molecule has 0 amide bonds. The van der Waals surface area contributed by atoms with E-state index in [9.17, 15) is 36.6 Å². The molecule has 0 saturated carbocycles. The quantitative estimate of drug-likeness (QED) is 0.0925. The fraction of sp³-hybridized carbons (Fsp3) is 0.150. The minimum Gasteiger partial charge on any atom is -0.482 e. The first-order valence-corrected chi connectivity index (χ1v) is 20.9. The lowest BCUT2D eigenvalue weighted by Gasteiger charge is -2.11. The van der Waals surface area contributed by atoms with Crippen LogP contribution >= 0.6 is 23.2 Å². The van der Waals surface area contributed by atoms with Crippen LogP contribution in [0.3, 0.4) is 0 Å². The predicted molar refractivity (Wildman–Crippen MR) is 214 cm³/mol. The molecule has 0 bridgehead atoms. The Kier molecular flexibility index (Phi) is 15.4. The van der Waals surface area contributed by atoms with Gasteiger partial charge in [0, 0.05) is 22.2 Å². The van der Waals surface area contributed by atoms with Crippen LogP contribution in [0.2, 0.25) is 10.0 Å². The van der Waals surface area contributed by atoms with Gasteiger partial charge in [0.15, 0.2) is 11.5 Å². The molecule has 18 heteroatoms. The molecule has 0 saturated heterocycles. The number of aliphatic hydroxyl groups is 2. The number of benzene rings is 4. The van der Waals surface area contributed by atoms with Crippen molar-refractivity contribution >= 4 is 43.2 Å². The van der Waals surface area contributed by atoms with Crippen molar-refractivity contribution in [2.75, 3.05) is 0 Å². The van der Waals surface area contributed by atoms with E-state index in [1.54, 1.807) is 12.1 Å². The average molecular weight is 872 g/mol. The van der Waals surface area contributed by atoms with E-state index in [2.05, 4.69) is 9.44 Å². The van der Waals surface area contributed by atoms with Gasteiger partial charge in [0.2, 0.25) is 42.4 Å².